The number of likely N-dealkylation sites (tertiary alicyclic amines) is 1. The van der Waals surface area contributed by atoms with Crippen LogP contribution in [0.25, 0.3) is 0 Å². The van der Waals surface area contributed by atoms with Gasteiger partial charge in [-0.15, -0.1) is 11.3 Å². The molecular formula is C20H28N4O2S. The summed E-state index contributed by atoms with van der Waals surface area (Å²) in [6.07, 6.45) is 5.25. The Bertz CT molecular complexity index is 792. The number of hydrogen-bond acceptors (Lipinski definition) is 6. The quantitative estimate of drug-likeness (QED) is 0.833. The molecule has 1 saturated carbocycles. The SMILES string of the molecule is CC(=O)N1CCC(c2nc(C3=NOC4(C3)CC(C)(C)CCC4=N)cs2)CC1. The number of thiazole rings is 1. The van der Waals surface area contributed by atoms with Crippen LogP contribution in [0.5, 0.6) is 0 Å². The second kappa shape index (κ2) is 6.69. The van der Waals surface area contributed by atoms with Crippen LogP contribution < -0.4 is 0 Å². The van der Waals surface area contributed by atoms with E-state index in [1.54, 1.807) is 18.3 Å². The summed E-state index contributed by atoms with van der Waals surface area (Å²) in [5, 5.41) is 16.0. The fourth-order valence-corrected chi connectivity index (χ4v) is 5.58. The molecule has 1 N–H and O–H groups in total. The Kier molecular flexibility index (Phi) is 4.61. The van der Waals surface area contributed by atoms with Crippen LogP contribution >= 0.6 is 11.3 Å². The highest BCUT2D eigenvalue weighted by molar-refractivity contribution is 7.10. The van der Waals surface area contributed by atoms with Gasteiger partial charge < -0.3 is 15.1 Å². The molecule has 7 heteroatoms. The van der Waals surface area contributed by atoms with Crippen molar-refractivity contribution >= 4 is 28.7 Å². The third kappa shape index (κ3) is 3.53. The van der Waals surface area contributed by atoms with Crippen LogP contribution in [0.1, 0.15) is 75.9 Å². The highest BCUT2D eigenvalue weighted by atomic mass is 32.1. The molecule has 27 heavy (non-hydrogen) atoms. The summed E-state index contributed by atoms with van der Waals surface area (Å²) in [5.41, 5.74) is 2.06. The fraction of sp³-hybridized carbons (Fsp3) is 0.700. The maximum Gasteiger partial charge on any atom is 0.219 e. The van der Waals surface area contributed by atoms with E-state index in [0.717, 1.165) is 61.6 Å². The maximum absolute atomic E-state index is 11.5. The van der Waals surface area contributed by atoms with Crippen molar-refractivity contribution in [3.63, 3.8) is 0 Å². The zero-order valence-corrected chi connectivity index (χ0v) is 17.2. The number of carbonyl (C=O) groups excluding carboxylic acids is 1. The van der Waals surface area contributed by atoms with Gasteiger partial charge in [-0.3, -0.25) is 4.79 Å². The van der Waals surface area contributed by atoms with E-state index in [9.17, 15) is 4.79 Å². The lowest BCUT2D eigenvalue weighted by molar-refractivity contribution is -0.129. The highest BCUT2D eigenvalue weighted by Crippen LogP contribution is 2.45. The van der Waals surface area contributed by atoms with E-state index in [2.05, 4.69) is 24.4 Å². The molecular weight excluding hydrogens is 360 g/mol. The molecule has 0 bridgehead atoms. The average Bonchev–Trinajstić information content (AvgIpc) is 3.26. The Balaban J connectivity index is 1.44. The Labute approximate surface area is 164 Å². The third-order valence-electron chi connectivity index (χ3n) is 6.26. The zero-order chi connectivity index (χ0) is 19.2. The van der Waals surface area contributed by atoms with Gasteiger partial charge in [0.25, 0.3) is 0 Å². The number of aromatic nitrogens is 1. The van der Waals surface area contributed by atoms with Crippen LogP contribution in [0.15, 0.2) is 10.5 Å². The number of oxime groups is 1. The second-order valence-corrected chi connectivity index (χ2v) is 9.86. The van der Waals surface area contributed by atoms with E-state index < -0.39 is 5.60 Å². The summed E-state index contributed by atoms with van der Waals surface area (Å²) in [4.78, 5) is 24.2. The van der Waals surface area contributed by atoms with Crippen molar-refractivity contribution in [1.29, 1.82) is 5.41 Å². The van der Waals surface area contributed by atoms with Gasteiger partial charge in [0, 0.05) is 44.2 Å². The van der Waals surface area contributed by atoms with Crippen molar-refractivity contribution in [2.75, 3.05) is 13.1 Å². The molecule has 1 aliphatic carbocycles. The minimum absolute atomic E-state index is 0.161. The van der Waals surface area contributed by atoms with Crippen LogP contribution in [0.3, 0.4) is 0 Å². The summed E-state index contributed by atoms with van der Waals surface area (Å²) in [7, 11) is 0. The molecule has 1 amide bonds. The molecule has 6 nitrogen and oxygen atoms in total. The van der Waals surface area contributed by atoms with Crippen LogP contribution in [-0.4, -0.2) is 45.9 Å². The number of amides is 1. The number of rotatable bonds is 2. The smallest absolute Gasteiger partial charge is 0.219 e. The summed E-state index contributed by atoms with van der Waals surface area (Å²) >= 11 is 1.68. The minimum atomic E-state index is -0.562. The van der Waals surface area contributed by atoms with Crippen molar-refractivity contribution in [3.05, 3.63) is 16.1 Å². The van der Waals surface area contributed by atoms with Gasteiger partial charge >= 0.3 is 0 Å². The molecule has 2 aliphatic heterocycles. The van der Waals surface area contributed by atoms with Gasteiger partial charge in [0.05, 0.1) is 16.4 Å². The molecule has 0 radical (unpaired) electrons. The first-order valence-electron chi connectivity index (χ1n) is 9.82. The molecule has 1 aromatic rings. The van der Waals surface area contributed by atoms with Crippen molar-refractivity contribution in [1.82, 2.24) is 9.88 Å². The van der Waals surface area contributed by atoms with E-state index in [1.807, 2.05) is 4.90 Å². The van der Waals surface area contributed by atoms with Crippen LogP contribution in [-0.2, 0) is 9.63 Å². The molecule has 146 valence electrons. The van der Waals surface area contributed by atoms with E-state index in [4.69, 9.17) is 15.2 Å². The molecule has 4 rings (SSSR count). The number of nitrogens with zero attached hydrogens (tertiary/aromatic N) is 3. The Morgan fingerprint density at radius 1 is 1.37 bits per heavy atom. The zero-order valence-electron chi connectivity index (χ0n) is 16.4. The number of carbonyl (C=O) groups is 1. The first kappa shape index (κ1) is 18.6. The second-order valence-electron chi connectivity index (χ2n) is 8.97. The fourth-order valence-electron chi connectivity index (χ4n) is 4.58. The van der Waals surface area contributed by atoms with Crippen molar-refractivity contribution in [3.8, 4) is 0 Å². The highest BCUT2D eigenvalue weighted by Gasteiger charge is 2.50. The largest absolute Gasteiger partial charge is 0.382 e. The van der Waals surface area contributed by atoms with E-state index in [1.165, 1.54) is 0 Å². The molecule has 1 spiro atoms. The summed E-state index contributed by atoms with van der Waals surface area (Å²) in [6, 6.07) is 0. The molecule has 3 heterocycles. The van der Waals surface area contributed by atoms with Gasteiger partial charge in [0.1, 0.15) is 5.71 Å². The van der Waals surface area contributed by atoms with E-state index in [-0.39, 0.29) is 11.3 Å². The average molecular weight is 389 g/mol. The van der Waals surface area contributed by atoms with Gasteiger partial charge in [-0.25, -0.2) is 4.98 Å². The summed E-state index contributed by atoms with van der Waals surface area (Å²) in [6.45, 7) is 7.76. The lowest BCUT2D eigenvalue weighted by atomic mass is 9.67. The first-order chi connectivity index (χ1) is 12.8. The van der Waals surface area contributed by atoms with Crippen LogP contribution in [0.4, 0.5) is 0 Å². The van der Waals surface area contributed by atoms with E-state index >= 15 is 0 Å². The minimum Gasteiger partial charge on any atom is -0.382 e. The van der Waals surface area contributed by atoms with Gasteiger partial charge in [0.2, 0.25) is 5.91 Å². The first-order valence-corrected chi connectivity index (χ1v) is 10.7. The lowest BCUT2D eigenvalue weighted by Gasteiger charge is -2.40. The lowest BCUT2D eigenvalue weighted by Crippen LogP contribution is -2.46. The molecule has 0 aromatic carbocycles. The Morgan fingerprint density at radius 3 is 2.81 bits per heavy atom. The predicted octanol–water partition coefficient (Wildman–Crippen LogP) is 3.96. The molecule has 2 fully saturated rings. The normalized spacial score (nSPS) is 28.3. The van der Waals surface area contributed by atoms with Crippen molar-refractivity contribution in [2.24, 2.45) is 10.6 Å². The number of nitrogens with one attached hydrogen (secondary N) is 1. The predicted molar refractivity (Wildman–Crippen MR) is 107 cm³/mol. The standard InChI is InChI=1S/C20H28N4O2S/c1-13(25)24-8-5-14(6-9-24)18-22-16(11-27-18)15-10-20(26-23-15)12-19(2,3)7-4-17(20)21/h11,14,21H,4-10,12H2,1-3H3. The van der Waals surface area contributed by atoms with Crippen molar-refractivity contribution in [2.45, 2.75) is 70.8 Å². The van der Waals surface area contributed by atoms with Crippen LogP contribution in [0.2, 0.25) is 0 Å². The Hall–Kier alpha value is -1.76. The number of piperidine rings is 1. The monoisotopic (exact) mass is 388 g/mol. The van der Waals surface area contributed by atoms with Gasteiger partial charge in [-0.2, -0.15) is 0 Å². The Morgan fingerprint density at radius 2 is 2.11 bits per heavy atom. The maximum atomic E-state index is 11.5. The number of hydrogen-bond donors (Lipinski definition) is 1. The van der Waals surface area contributed by atoms with Crippen molar-refractivity contribution < 1.29 is 9.63 Å². The van der Waals surface area contributed by atoms with Gasteiger partial charge in [-0.05, 0) is 31.1 Å². The summed E-state index contributed by atoms with van der Waals surface area (Å²) in [5.74, 6) is 0.581. The third-order valence-corrected chi connectivity index (χ3v) is 7.26. The molecule has 1 saturated heterocycles. The molecule has 3 aliphatic rings. The van der Waals surface area contributed by atoms with Gasteiger partial charge in [-0.1, -0.05) is 19.0 Å². The summed E-state index contributed by atoms with van der Waals surface area (Å²) < 4.78 is 0. The molecule has 1 aromatic heterocycles. The molecule has 1 atom stereocenters. The molecule has 1 unspecified atom stereocenters. The van der Waals surface area contributed by atoms with E-state index in [0.29, 0.717) is 18.1 Å². The van der Waals surface area contributed by atoms with Gasteiger partial charge in [0.15, 0.2) is 5.60 Å². The topological polar surface area (TPSA) is 78.6 Å². The van der Waals surface area contributed by atoms with Crippen LogP contribution in [0, 0.1) is 10.8 Å².